The maximum atomic E-state index is 11.7. The van der Waals surface area contributed by atoms with Gasteiger partial charge in [0.25, 0.3) is 5.56 Å². The molecule has 0 unspecified atom stereocenters. The first-order valence-corrected chi connectivity index (χ1v) is 6.21. The van der Waals surface area contributed by atoms with Gasteiger partial charge < -0.3 is 4.98 Å². The smallest absolute Gasteiger partial charge is 0.261 e. The lowest BCUT2D eigenvalue weighted by Crippen LogP contribution is -2.06. The second kappa shape index (κ2) is 4.37. The van der Waals surface area contributed by atoms with E-state index in [4.69, 9.17) is 0 Å². The van der Waals surface area contributed by atoms with Crippen molar-refractivity contribution < 1.29 is 0 Å². The second-order valence-corrected chi connectivity index (χ2v) is 4.39. The van der Waals surface area contributed by atoms with Gasteiger partial charge >= 0.3 is 0 Å². The van der Waals surface area contributed by atoms with Gasteiger partial charge in [-0.1, -0.05) is 5.21 Å². The number of H-pyrrole nitrogens is 1. The van der Waals surface area contributed by atoms with Gasteiger partial charge in [-0.25, -0.2) is 14.3 Å². The summed E-state index contributed by atoms with van der Waals surface area (Å²) in [5.74, 6) is 0. The summed E-state index contributed by atoms with van der Waals surface area (Å²) in [4.78, 5) is 18.4. The number of aromatic amines is 1. The summed E-state index contributed by atoms with van der Waals surface area (Å²) < 4.78 is 3.28. The Morgan fingerprint density at radius 2 is 1.90 bits per heavy atom. The van der Waals surface area contributed by atoms with Gasteiger partial charge in [-0.3, -0.25) is 4.79 Å². The molecule has 3 aromatic heterocycles. The molecule has 0 amide bonds. The Labute approximate surface area is 117 Å². The van der Waals surface area contributed by atoms with Gasteiger partial charge in [-0.15, -0.1) is 5.10 Å². The van der Waals surface area contributed by atoms with Gasteiger partial charge in [0.1, 0.15) is 5.39 Å². The molecule has 0 radical (unpaired) electrons. The first kappa shape index (κ1) is 11.5. The summed E-state index contributed by atoms with van der Waals surface area (Å²) >= 11 is 0. The molecule has 21 heavy (non-hydrogen) atoms. The zero-order chi connectivity index (χ0) is 14.2. The van der Waals surface area contributed by atoms with Gasteiger partial charge in [0, 0.05) is 0 Å². The summed E-state index contributed by atoms with van der Waals surface area (Å²) in [6.07, 6.45) is 6.25. The molecule has 3 heterocycles. The molecule has 0 atom stereocenters. The van der Waals surface area contributed by atoms with E-state index in [0.717, 1.165) is 11.4 Å². The minimum atomic E-state index is -0.203. The van der Waals surface area contributed by atoms with Crippen LogP contribution < -0.4 is 5.56 Å². The van der Waals surface area contributed by atoms with Crippen LogP contribution in [0.5, 0.6) is 0 Å². The fraction of sp³-hybridized carbons (Fsp3) is 0. The highest BCUT2D eigenvalue weighted by Crippen LogP contribution is 2.15. The van der Waals surface area contributed by atoms with E-state index in [1.165, 1.54) is 12.5 Å². The van der Waals surface area contributed by atoms with E-state index < -0.39 is 0 Å². The van der Waals surface area contributed by atoms with Crippen molar-refractivity contribution >= 4 is 11.0 Å². The summed E-state index contributed by atoms with van der Waals surface area (Å²) in [5, 5.41) is 12.4. The molecule has 0 aliphatic carbocycles. The van der Waals surface area contributed by atoms with E-state index in [1.54, 1.807) is 21.8 Å². The highest BCUT2D eigenvalue weighted by molar-refractivity contribution is 5.74. The van der Waals surface area contributed by atoms with Crippen LogP contribution in [0.25, 0.3) is 22.4 Å². The van der Waals surface area contributed by atoms with Crippen LogP contribution in [0.15, 0.2) is 54.0 Å². The second-order valence-electron chi connectivity index (χ2n) is 4.39. The van der Waals surface area contributed by atoms with Gasteiger partial charge in [0.2, 0.25) is 0 Å². The molecule has 102 valence electrons. The van der Waals surface area contributed by atoms with Crippen molar-refractivity contribution in [2.24, 2.45) is 0 Å². The molecule has 0 saturated heterocycles. The van der Waals surface area contributed by atoms with Gasteiger partial charge in [-0.05, 0) is 24.3 Å². The molecule has 0 spiro atoms. The van der Waals surface area contributed by atoms with Gasteiger partial charge in [0.15, 0.2) is 5.65 Å². The van der Waals surface area contributed by atoms with E-state index in [9.17, 15) is 4.79 Å². The number of nitrogens with one attached hydrogen (secondary N) is 1. The third-order valence-electron chi connectivity index (χ3n) is 3.15. The van der Waals surface area contributed by atoms with Crippen LogP contribution in [0.3, 0.4) is 0 Å². The van der Waals surface area contributed by atoms with Crippen molar-refractivity contribution in [2.75, 3.05) is 0 Å². The number of aromatic nitrogens is 7. The largest absolute Gasteiger partial charge is 0.312 e. The minimum absolute atomic E-state index is 0.203. The summed E-state index contributed by atoms with van der Waals surface area (Å²) in [7, 11) is 0. The molecule has 1 N–H and O–H groups in total. The van der Waals surface area contributed by atoms with Crippen LogP contribution in [0, 0.1) is 0 Å². The highest BCUT2D eigenvalue weighted by atomic mass is 16.1. The van der Waals surface area contributed by atoms with Gasteiger partial charge in [-0.2, -0.15) is 5.10 Å². The van der Waals surface area contributed by atoms with Crippen LogP contribution in [-0.2, 0) is 0 Å². The molecule has 0 bridgehead atoms. The predicted octanol–water partition coefficient (Wildman–Crippen LogP) is 0.689. The minimum Gasteiger partial charge on any atom is -0.312 e. The van der Waals surface area contributed by atoms with Crippen molar-refractivity contribution in [1.29, 1.82) is 0 Å². The van der Waals surface area contributed by atoms with Crippen LogP contribution in [0.2, 0.25) is 0 Å². The first-order chi connectivity index (χ1) is 10.3. The van der Waals surface area contributed by atoms with E-state index in [2.05, 4.69) is 25.4 Å². The Morgan fingerprint density at radius 3 is 2.67 bits per heavy atom. The topological polar surface area (TPSA) is 94.3 Å². The molecule has 0 aliphatic rings. The third kappa shape index (κ3) is 1.81. The molecule has 0 aliphatic heterocycles. The summed E-state index contributed by atoms with van der Waals surface area (Å²) in [5.41, 5.74) is 2.02. The fourth-order valence-corrected chi connectivity index (χ4v) is 2.14. The Bertz CT molecular complexity index is 950. The molecule has 0 saturated carbocycles. The number of nitrogens with zero attached hydrogens (tertiary/aromatic N) is 6. The van der Waals surface area contributed by atoms with E-state index >= 15 is 0 Å². The maximum Gasteiger partial charge on any atom is 0.261 e. The van der Waals surface area contributed by atoms with E-state index in [0.29, 0.717) is 11.0 Å². The van der Waals surface area contributed by atoms with Crippen molar-refractivity contribution in [2.45, 2.75) is 0 Å². The third-order valence-corrected chi connectivity index (χ3v) is 3.15. The van der Waals surface area contributed by atoms with Crippen molar-refractivity contribution in [1.82, 2.24) is 34.7 Å². The zero-order valence-corrected chi connectivity index (χ0v) is 10.7. The number of rotatable bonds is 2. The van der Waals surface area contributed by atoms with E-state index in [1.807, 2.05) is 24.3 Å². The Balaban J connectivity index is 1.82. The molecule has 4 rings (SSSR count). The molecular weight excluding hydrogens is 270 g/mol. The van der Waals surface area contributed by atoms with Crippen molar-refractivity contribution in [3.8, 4) is 11.4 Å². The average Bonchev–Trinajstić information content (AvgIpc) is 3.18. The quantitative estimate of drug-likeness (QED) is 0.582. The Morgan fingerprint density at radius 1 is 1.10 bits per heavy atom. The molecule has 8 nitrogen and oxygen atoms in total. The summed E-state index contributed by atoms with van der Waals surface area (Å²) in [6.45, 7) is 0. The lowest BCUT2D eigenvalue weighted by atomic mass is 10.3. The van der Waals surface area contributed by atoms with Crippen LogP contribution in [-0.4, -0.2) is 34.7 Å². The van der Waals surface area contributed by atoms with Crippen molar-refractivity contribution in [3.05, 3.63) is 59.5 Å². The lowest BCUT2D eigenvalue weighted by molar-refractivity contribution is 0.802. The highest BCUT2D eigenvalue weighted by Gasteiger charge is 2.08. The Hall–Kier alpha value is -3.29. The first-order valence-electron chi connectivity index (χ1n) is 6.21. The van der Waals surface area contributed by atoms with Gasteiger partial charge in [0.05, 0.1) is 36.3 Å². The van der Waals surface area contributed by atoms with Crippen molar-refractivity contribution in [3.63, 3.8) is 0 Å². The molecule has 4 aromatic rings. The number of fused-ring (bicyclic) bond motifs is 1. The summed E-state index contributed by atoms with van der Waals surface area (Å²) in [6, 6.07) is 7.55. The van der Waals surface area contributed by atoms with Crippen LogP contribution in [0.1, 0.15) is 0 Å². The van der Waals surface area contributed by atoms with E-state index in [-0.39, 0.29) is 5.56 Å². The molecule has 8 heteroatoms. The number of hydrogen-bond donors (Lipinski definition) is 1. The maximum absolute atomic E-state index is 11.7. The molecular formula is C13H9N7O. The average molecular weight is 279 g/mol. The lowest BCUT2D eigenvalue weighted by Gasteiger charge is -2.04. The zero-order valence-electron chi connectivity index (χ0n) is 10.7. The standard InChI is InChI=1S/C13H9N7O/c21-13-11-7-17-20(12(11)14-8-15-13)10-3-1-9(2-4-10)19-6-5-16-18-19/h1-8H,(H,14,15,21). The normalized spacial score (nSPS) is 11.0. The molecule has 1 aromatic carbocycles. The Kier molecular flexibility index (Phi) is 2.40. The predicted molar refractivity (Wildman–Crippen MR) is 74.4 cm³/mol. The van der Waals surface area contributed by atoms with Crippen LogP contribution in [0.4, 0.5) is 0 Å². The number of hydrogen-bond acceptors (Lipinski definition) is 5. The fourth-order valence-electron chi connectivity index (χ4n) is 2.14. The SMILES string of the molecule is O=c1[nH]cnc2c1cnn2-c1ccc(-n2ccnn2)cc1. The monoisotopic (exact) mass is 279 g/mol. The number of benzene rings is 1. The van der Waals surface area contributed by atoms with Crippen LogP contribution >= 0.6 is 0 Å². The molecule has 0 fully saturated rings.